The fourth-order valence-corrected chi connectivity index (χ4v) is 2.48. The highest BCUT2D eigenvalue weighted by atomic mass is 16.4. The van der Waals surface area contributed by atoms with Crippen molar-refractivity contribution in [3.05, 3.63) is 0 Å². The fraction of sp³-hybridized carbons (Fsp3) is 0.909. The third-order valence-corrected chi connectivity index (χ3v) is 3.37. The zero-order chi connectivity index (χ0) is 9.97. The first-order valence-corrected chi connectivity index (χ1v) is 5.71. The Kier molecular flexibility index (Phi) is 3.06. The first-order valence-electron chi connectivity index (χ1n) is 5.71. The molecule has 2 rings (SSSR count). The van der Waals surface area contributed by atoms with Crippen LogP contribution in [0.15, 0.2) is 0 Å². The van der Waals surface area contributed by atoms with Crippen LogP contribution in [0.25, 0.3) is 0 Å². The van der Waals surface area contributed by atoms with E-state index in [1.807, 2.05) is 0 Å². The Bertz CT molecular complexity index is 207. The molecule has 2 aliphatic carbocycles. The molecule has 0 aliphatic heterocycles. The molecule has 2 saturated carbocycles. The zero-order valence-electron chi connectivity index (χ0n) is 8.61. The Morgan fingerprint density at radius 3 is 2.36 bits per heavy atom. The van der Waals surface area contributed by atoms with Gasteiger partial charge in [0.15, 0.2) is 0 Å². The molecule has 80 valence electrons. The van der Waals surface area contributed by atoms with E-state index in [4.69, 9.17) is 5.11 Å². The molecule has 14 heavy (non-hydrogen) atoms. The minimum Gasteiger partial charge on any atom is -0.480 e. The molecule has 2 fully saturated rings. The van der Waals surface area contributed by atoms with Crippen molar-refractivity contribution in [2.75, 3.05) is 13.1 Å². The van der Waals surface area contributed by atoms with Crippen molar-refractivity contribution in [2.45, 2.75) is 44.6 Å². The van der Waals surface area contributed by atoms with Gasteiger partial charge in [-0.15, -0.1) is 0 Å². The summed E-state index contributed by atoms with van der Waals surface area (Å²) in [6.45, 7) is 1.28. The average molecular weight is 197 g/mol. The van der Waals surface area contributed by atoms with Gasteiger partial charge in [0, 0.05) is 12.6 Å². The van der Waals surface area contributed by atoms with Crippen LogP contribution in [0.2, 0.25) is 0 Å². The predicted molar refractivity (Wildman–Crippen MR) is 54.2 cm³/mol. The number of hydrogen-bond acceptors (Lipinski definition) is 2. The van der Waals surface area contributed by atoms with Gasteiger partial charge in [0.25, 0.3) is 0 Å². The fourth-order valence-electron chi connectivity index (χ4n) is 2.48. The van der Waals surface area contributed by atoms with Crippen LogP contribution in [-0.4, -0.2) is 35.1 Å². The Morgan fingerprint density at radius 1 is 1.21 bits per heavy atom. The van der Waals surface area contributed by atoms with Crippen LogP contribution in [0.4, 0.5) is 0 Å². The van der Waals surface area contributed by atoms with Crippen LogP contribution < -0.4 is 0 Å². The van der Waals surface area contributed by atoms with Gasteiger partial charge in [0.1, 0.15) is 0 Å². The number of hydrogen-bond donors (Lipinski definition) is 1. The summed E-state index contributed by atoms with van der Waals surface area (Å²) in [6.07, 6.45) is 7.72. The van der Waals surface area contributed by atoms with Gasteiger partial charge >= 0.3 is 5.97 Å². The van der Waals surface area contributed by atoms with E-state index in [2.05, 4.69) is 4.90 Å². The Balaban J connectivity index is 1.80. The van der Waals surface area contributed by atoms with Gasteiger partial charge in [-0.05, 0) is 31.6 Å². The van der Waals surface area contributed by atoms with Gasteiger partial charge in [-0.3, -0.25) is 9.69 Å². The molecule has 0 spiro atoms. The minimum atomic E-state index is -0.671. The van der Waals surface area contributed by atoms with E-state index < -0.39 is 5.97 Å². The second-order valence-corrected chi connectivity index (χ2v) is 4.70. The summed E-state index contributed by atoms with van der Waals surface area (Å²) in [4.78, 5) is 12.9. The maximum atomic E-state index is 10.7. The number of aliphatic carboxylic acids is 1. The normalized spacial score (nSPS) is 23.2. The molecule has 0 bridgehead atoms. The van der Waals surface area contributed by atoms with E-state index in [1.165, 1.54) is 38.5 Å². The highest BCUT2D eigenvalue weighted by Crippen LogP contribution is 2.31. The average Bonchev–Trinajstić information content (AvgIpc) is 2.85. The smallest absolute Gasteiger partial charge is 0.317 e. The topological polar surface area (TPSA) is 40.5 Å². The Hall–Kier alpha value is -0.570. The number of rotatable bonds is 5. The lowest BCUT2D eigenvalue weighted by Crippen LogP contribution is -2.35. The number of carboxylic acids is 1. The summed E-state index contributed by atoms with van der Waals surface area (Å²) in [5.74, 6) is 0.102. The van der Waals surface area contributed by atoms with Gasteiger partial charge in [0.05, 0.1) is 6.54 Å². The number of carbonyl (C=O) groups is 1. The molecule has 3 heteroatoms. The molecule has 0 aromatic heterocycles. The van der Waals surface area contributed by atoms with Crippen LogP contribution in [0.1, 0.15) is 38.5 Å². The molecular formula is C11H19NO2. The van der Waals surface area contributed by atoms with Crippen molar-refractivity contribution >= 4 is 5.97 Å². The van der Waals surface area contributed by atoms with Crippen LogP contribution in [0, 0.1) is 5.92 Å². The lowest BCUT2D eigenvalue weighted by Gasteiger charge is -2.23. The summed E-state index contributed by atoms with van der Waals surface area (Å²) in [5, 5.41) is 8.79. The van der Waals surface area contributed by atoms with Crippen molar-refractivity contribution in [1.82, 2.24) is 4.90 Å². The number of nitrogens with zero attached hydrogens (tertiary/aromatic N) is 1. The summed E-state index contributed by atoms with van der Waals surface area (Å²) >= 11 is 0. The molecule has 3 nitrogen and oxygen atoms in total. The molecule has 1 N–H and O–H groups in total. The highest BCUT2D eigenvalue weighted by molar-refractivity contribution is 5.69. The molecule has 2 aliphatic rings. The lowest BCUT2D eigenvalue weighted by molar-refractivity contribution is -0.138. The summed E-state index contributed by atoms with van der Waals surface area (Å²) in [5.41, 5.74) is 0. The molecule has 0 radical (unpaired) electrons. The third kappa shape index (κ3) is 2.71. The van der Waals surface area contributed by atoms with Crippen molar-refractivity contribution in [1.29, 1.82) is 0 Å². The van der Waals surface area contributed by atoms with Crippen LogP contribution in [0.5, 0.6) is 0 Å². The molecule has 0 aromatic rings. The quantitative estimate of drug-likeness (QED) is 0.729. The van der Waals surface area contributed by atoms with E-state index in [-0.39, 0.29) is 6.54 Å². The summed E-state index contributed by atoms with van der Waals surface area (Å²) in [6, 6.07) is 0.590. The second kappa shape index (κ2) is 4.30. The van der Waals surface area contributed by atoms with Gasteiger partial charge < -0.3 is 5.11 Å². The summed E-state index contributed by atoms with van der Waals surface area (Å²) in [7, 11) is 0. The minimum absolute atomic E-state index is 0.251. The maximum Gasteiger partial charge on any atom is 0.317 e. The molecule has 0 amide bonds. The van der Waals surface area contributed by atoms with Crippen molar-refractivity contribution in [3.63, 3.8) is 0 Å². The van der Waals surface area contributed by atoms with Gasteiger partial charge in [-0.2, -0.15) is 0 Å². The second-order valence-electron chi connectivity index (χ2n) is 4.70. The molecule has 0 aromatic carbocycles. The predicted octanol–water partition coefficient (Wildman–Crippen LogP) is 1.73. The van der Waals surface area contributed by atoms with E-state index >= 15 is 0 Å². The molecular weight excluding hydrogens is 178 g/mol. The van der Waals surface area contributed by atoms with Crippen LogP contribution >= 0.6 is 0 Å². The maximum absolute atomic E-state index is 10.7. The SMILES string of the molecule is O=C(O)CN(CC1CCCC1)C1CC1. The monoisotopic (exact) mass is 197 g/mol. The van der Waals surface area contributed by atoms with Crippen molar-refractivity contribution in [3.8, 4) is 0 Å². The van der Waals surface area contributed by atoms with E-state index in [0.717, 1.165) is 12.5 Å². The van der Waals surface area contributed by atoms with E-state index in [0.29, 0.717) is 6.04 Å². The van der Waals surface area contributed by atoms with Crippen molar-refractivity contribution in [2.24, 2.45) is 5.92 Å². The van der Waals surface area contributed by atoms with Crippen molar-refractivity contribution < 1.29 is 9.90 Å². The highest BCUT2D eigenvalue weighted by Gasteiger charge is 2.32. The van der Waals surface area contributed by atoms with Crippen LogP contribution in [0.3, 0.4) is 0 Å². The van der Waals surface area contributed by atoms with Gasteiger partial charge in [-0.25, -0.2) is 0 Å². The van der Waals surface area contributed by atoms with E-state index in [9.17, 15) is 4.79 Å². The molecule has 0 heterocycles. The molecule has 0 unspecified atom stereocenters. The summed E-state index contributed by atoms with van der Waals surface area (Å²) < 4.78 is 0. The first kappa shape index (κ1) is 9.97. The van der Waals surface area contributed by atoms with Crippen LogP contribution in [-0.2, 0) is 4.79 Å². The molecule has 0 saturated heterocycles. The Labute approximate surface area is 85.1 Å². The largest absolute Gasteiger partial charge is 0.480 e. The first-order chi connectivity index (χ1) is 6.75. The number of carboxylic acid groups (broad SMARTS) is 1. The van der Waals surface area contributed by atoms with Gasteiger partial charge in [-0.1, -0.05) is 12.8 Å². The standard InChI is InChI=1S/C11H19NO2/c13-11(14)8-12(10-5-6-10)7-9-3-1-2-4-9/h9-10H,1-8H2,(H,13,14). The Morgan fingerprint density at radius 2 is 1.86 bits per heavy atom. The third-order valence-electron chi connectivity index (χ3n) is 3.37. The van der Waals surface area contributed by atoms with E-state index in [1.54, 1.807) is 0 Å². The lowest BCUT2D eigenvalue weighted by atomic mass is 10.1. The zero-order valence-corrected chi connectivity index (χ0v) is 8.61. The van der Waals surface area contributed by atoms with Gasteiger partial charge in [0.2, 0.25) is 0 Å². The molecule has 0 atom stereocenters.